The van der Waals surface area contributed by atoms with Gasteiger partial charge in [-0.1, -0.05) is 119 Å². The summed E-state index contributed by atoms with van der Waals surface area (Å²) in [6.45, 7) is 3.04. The van der Waals surface area contributed by atoms with E-state index in [1.54, 1.807) is 0 Å². The second-order valence-electron chi connectivity index (χ2n) is 10.7. The first-order valence-electron chi connectivity index (χ1n) is 14.2. The Bertz CT molecular complexity index is 1670. The summed E-state index contributed by atoms with van der Waals surface area (Å²) < 4.78 is 0. The van der Waals surface area contributed by atoms with Gasteiger partial charge in [-0.15, -0.1) is 0 Å². The number of amides is 2. The molecular weight excluding hydrogens is 634 g/mol. The lowest BCUT2D eigenvalue weighted by Crippen LogP contribution is -2.22. The van der Waals surface area contributed by atoms with Gasteiger partial charge in [0.05, 0.1) is 20.1 Å². The fourth-order valence-corrected chi connectivity index (χ4v) is 6.36. The molecule has 44 heavy (non-hydrogen) atoms. The monoisotopic (exact) mass is 662 g/mol. The fraction of sp³-hybridized carbons (Fsp3) is 0.167. The second kappa shape index (κ2) is 14.0. The van der Waals surface area contributed by atoms with Gasteiger partial charge in [0.25, 0.3) is 0 Å². The molecule has 224 valence electrons. The van der Waals surface area contributed by atoms with Crippen LogP contribution in [0, 0.1) is 0 Å². The van der Waals surface area contributed by atoms with Crippen LogP contribution in [0.15, 0.2) is 97.1 Å². The maximum absolute atomic E-state index is 11.4. The number of carbonyl (C=O) groups excluding carboxylic acids is 2. The molecule has 4 aromatic rings. The number of carbonyl (C=O) groups is 2. The molecule has 0 aliphatic heterocycles. The highest BCUT2D eigenvalue weighted by Gasteiger charge is 2.25. The van der Waals surface area contributed by atoms with E-state index >= 15 is 0 Å². The number of rotatable bonds is 4. The standard InChI is InChI=1S/2C18H15Cl2NO/c2*1-11(22)21-18-9-7-13(14-4-2-3-5-15(14)18)12-6-8-16(19)17(20)10-12/h2*2-6,8-10,13H,7H2,1H3,(H,21,22)/t2*13-/m00/s1. The van der Waals surface area contributed by atoms with Crippen LogP contribution in [-0.4, -0.2) is 11.8 Å². The van der Waals surface area contributed by atoms with Gasteiger partial charge in [0, 0.05) is 48.2 Å². The lowest BCUT2D eigenvalue weighted by Gasteiger charge is -2.26. The third-order valence-electron chi connectivity index (χ3n) is 7.68. The molecule has 2 N–H and O–H groups in total. The van der Waals surface area contributed by atoms with Crippen LogP contribution in [0.5, 0.6) is 0 Å². The van der Waals surface area contributed by atoms with Crippen molar-refractivity contribution in [2.24, 2.45) is 0 Å². The first-order valence-corrected chi connectivity index (χ1v) is 15.7. The van der Waals surface area contributed by atoms with Crippen molar-refractivity contribution in [2.75, 3.05) is 0 Å². The molecule has 0 fully saturated rings. The molecular formula is C36H30Cl4N2O2. The summed E-state index contributed by atoms with van der Waals surface area (Å²) in [6, 6.07) is 27.7. The minimum absolute atomic E-state index is 0.0611. The van der Waals surface area contributed by atoms with Crippen molar-refractivity contribution in [3.8, 4) is 0 Å². The normalized spacial score (nSPS) is 16.7. The molecule has 0 radical (unpaired) electrons. The number of fused-ring (bicyclic) bond motifs is 2. The lowest BCUT2D eigenvalue weighted by atomic mass is 9.81. The quantitative estimate of drug-likeness (QED) is 0.228. The average Bonchev–Trinajstić information content (AvgIpc) is 3.00. The molecule has 0 spiro atoms. The molecule has 0 bridgehead atoms. The summed E-state index contributed by atoms with van der Waals surface area (Å²) in [5.41, 5.74) is 8.48. The van der Waals surface area contributed by atoms with E-state index in [4.69, 9.17) is 46.4 Å². The number of allylic oxidation sites excluding steroid dienone is 2. The van der Waals surface area contributed by atoms with Crippen LogP contribution in [0.4, 0.5) is 0 Å². The summed E-state index contributed by atoms with van der Waals surface area (Å²) in [4.78, 5) is 22.7. The SMILES string of the molecule is CC(=O)NC1=CC[C@@H](c2ccc(Cl)c(Cl)c2)c2ccccc21.CC(=O)NC1=CC[C@@H](c2ccc(Cl)c(Cl)c2)c2ccccc21. The molecule has 0 saturated heterocycles. The van der Waals surface area contributed by atoms with E-state index in [2.05, 4.69) is 34.9 Å². The molecule has 0 aromatic heterocycles. The van der Waals surface area contributed by atoms with Gasteiger partial charge in [0.2, 0.25) is 11.8 Å². The van der Waals surface area contributed by atoms with E-state index in [0.29, 0.717) is 20.1 Å². The van der Waals surface area contributed by atoms with Gasteiger partial charge in [-0.2, -0.15) is 0 Å². The Balaban J connectivity index is 0.000000175. The Kier molecular flexibility index (Phi) is 10.2. The van der Waals surface area contributed by atoms with Gasteiger partial charge in [-0.3, -0.25) is 9.59 Å². The Morgan fingerprint density at radius 2 is 0.955 bits per heavy atom. The zero-order chi connectivity index (χ0) is 31.4. The van der Waals surface area contributed by atoms with Gasteiger partial charge in [0.15, 0.2) is 0 Å². The summed E-state index contributed by atoms with van der Waals surface area (Å²) >= 11 is 24.3. The van der Waals surface area contributed by atoms with Crippen molar-refractivity contribution in [1.82, 2.24) is 10.6 Å². The number of hydrogen-bond donors (Lipinski definition) is 2. The Labute approximate surface area is 277 Å². The Morgan fingerprint density at radius 1 is 0.568 bits per heavy atom. The highest BCUT2D eigenvalue weighted by molar-refractivity contribution is 6.42. The molecule has 0 unspecified atom stereocenters. The lowest BCUT2D eigenvalue weighted by molar-refractivity contribution is -0.118. The Morgan fingerprint density at radius 3 is 1.32 bits per heavy atom. The van der Waals surface area contributed by atoms with Gasteiger partial charge < -0.3 is 10.6 Å². The van der Waals surface area contributed by atoms with Gasteiger partial charge in [0.1, 0.15) is 0 Å². The summed E-state index contributed by atoms with van der Waals surface area (Å²) in [5.74, 6) is 0.301. The summed E-state index contributed by atoms with van der Waals surface area (Å²) in [5, 5.41) is 8.06. The fourth-order valence-electron chi connectivity index (χ4n) is 5.74. The number of halogens is 4. The predicted octanol–water partition coefficient (Wildman–Crippen LogP) is 10.0. The molecule has 4 aromatic carbocycles. The van der Waals surface area contributed by atoms with Crippen LogP contribution in [0.3, 0.4) is 0 Å². The first-order chi connectivity index (χ1) is 21.1. The maximum Gasteiger partial charge on any atom is 0.221 e. The zero-order valence-corrected chi connectivity index (χ0v) is 27.2. The summed E-state index contributed by atoms with van der Waals surface area (Å²) in [7, 11) is 0. The Hall–Kier alpha value is -3.54. The van der Waals surface area contributed by atoms with Crippen molar-refractivity contribution in [2.45, 2.75) is 38.5 Å². The predicted molar refractivity (Wildman–Crippen MR) is 182 cm³/mol. The third-order valence-corrected chi connectivity index (χ3v) is 9.16. The van der Waals surface area contributed by atoms with E-state index in [1.165, 1.54) is 25.0 Å². The second-order valence-corrected chi connectivity index (χ2v) is 12.3. The van der Waals surface area contributed by atoms with Crippen LogP contribution < -0.4 is 10.6 Å². The molecule has 6 rings (SSSR count). The van der Waals surface area contributed by atoms with E-state index in [-0.39, 0.29) is 23.7 Å². The van der Waals surface area contributed by atoms with Crippen LogP contribution in [0.1, 0.15) is 71.9 Å². The molecule has 2 aliphatic carbocycles. The van der Waals surface area contributed by atoms with E-state index < -0.39 is 0 Å². The molecule has 0 heterocycles. The topological polar surface area (TPSA) is 58.2 Å². The number of benzene rings is 4. The molecule has 8 heteroatoms. The van der Waals surface area contributed by atoms with Crippen LogP contribution in [0.25, 0.3) is 11.4 Å². The van der Waals surface area contributed by atoms with E-state index in [0.717, 1.165) is 46.5 Å². The average molecular weight is 664 g/mol. The molecule has 2 amide bonds. The van der Waals surface area contributed by atoms with Crippen molar-refractivity contribution in [1.29, 1.82) is 0 Å². The van der Waals surface area contributed by atoms with Gasteiger partial charge in [-0.25, -0.2) is 0 Å². The van der Waals surface area contributed by atoms with Gasteiger partial charge >= 0.3 is 0 Å². The first kappa shape index (κ1) is 31.9. The van der Waals surface area contributed by atoms with Crippen molar-refractivity contribution >= 4 is 69.6 Å². The molecule has 0 saturated carbocycles. The minimum atomic E-state index is -0.0611. The maximum atomic E-state index is 11.4. The van der Waals surface area contributed by atoms with Crippen molar-refractivity contribution in [3.63, 3.8) is 0 Å². The smallest absolute Gasteiger partial charge is 0.221 e. The van der Waals surface area contributed by atoms with Crippen LogP contribution in [0.2, 0.25) is 20.1 Å². The highest BCUT2D eigenvalue weighted by atomic mass is 35.5. The number of nitrogens with one attached hydrogen (secondary N) is 2. The highest BCUT2D eigenvalue weighted by Crippen LogP contribution is 2.40. The van der Waals surface area contributed by atoms with E-state index in [1.807, 2.05) is 72.8 Å². The van der Waals surface area contributed by atoms with E-state index in [9.17, 15) is 9.59 Å². The molecule has 4 nitrogen and oxygen atoms in total. The zero-order valence-electron chi connectivity index (χ0n) is 24.1. The largest absolute Gasteiger partial charge is 0.326 e. The van der Waals surface area contributed by atoms with Crippen molar-refractivity contribution < 1.29 is 9.59 Å². The minimum Gasteiger partial charge on any atom is -0.326 e. The molecule has 2 aliphatic rings. The number of hydrogen-bond acceptors (Lipinski definition) is 2. The van der Waals surface area contributed by atoms with Crippen LogP contribution in [-0.2, 0) is 9.59 Å². The van der Waals surface area contributed by atoms with Crippen molar-refractivity contribution in [3.05, 3.63) is 151 Å². The van der Waals surface area contributed by atoms with Gasteiger partial charge in [-0.05, 0) is 59.4 Å². The third kappa shape index (κ3) is 7.22. The summed E-state index contributed by atoms with van der Waals surface area (Å²) in [6.07, 6.45) is 5.75. The van der Waals surface area contributed by atoms with Crippen LogP contribution >= 0.6 is 46.4 Å². The molecule has 2 atom stereocenters.